The van der Waals surface area contributed by atoms with Crippen molar-refractivity contribution in [2.24, 2.45) is 0 Å². The minimum atomic E-state index is -0.593. The Hall–Kier alpha value is -2.41. The summed E-state index contributed by atoms with van der Waals surface area (Å²) in [6.07, 6.45) is 1.53. The fourth-order valence-corrected chi connectivity index (χ4v) is 1.74. The summed E-state index contributed by atoms with van der Waals surface area (Å²) in [5.41, 5.74) is -0.171. The summed E-state index contributed by atoms with van der Waals surface area (Å²) in [4.78, 5) is 25.9. The van der Waals surface area contributed by atoms with Crippen molar-refractivity contribution in [3.63, 3.8) is 0 Å². The molecule has 7 nitrogen and oxygen atoms in total. The van der Waals surface area contributed by atoms with E-state index in [1.807, 2.05) is 0 Å². The van der Waals surface area contributed by atoms with Gasteiger partial charge in [0.2, 0.25) is 5.89 Å². The summed E-state index contributed by atoms with van der Waals surface area (Å²) in [5.74, 6) is 0.439. The van der Waals surface area contributed by atoms with E-state index in [1.54, 1.807) is 6.92 Å². The zero-order chi connectivity index (χ0) is 14.7. The van der Waals surface area contributed by atoms with E-state index in [2.05, 4.69) is 10.3 Å². The standard InChI is InChI=1S/C12H10ClN3O4/c1-7-5-14-11(20-7)6-15-12(17)9-4-8(16(18)19)2-3-10(9)13/h2-5H,6H2,1H3,(H,15,17). The molecule has 104 valence electrons. The van der Waals surface area contributed by atoms with Crippen LogP contribution in [0.1, 0.15) is 22.0 Å². The van der Waals surface area contributed by atoms with Gasteiger partial charge in [0.25, 0.3) is 11.6 Å². The van der Waals surface area contributed by atoms with Crippen molar-refractivity contribution in [2.45, 2.75) is 13.5 Å². The van der Waals surface area contributed by atoms with Gasteiger partial charge >= 0.3 is 0 Å². The lowest BCUT2D eigenvalue weighted by molar-refractivity contribution is -0.384. The van der Waals surface area contributed by atoms with Gasteiger partial charge in [0.05, 0.1) is 28.3 Å². The Labute approximate surface area is 118 Å². The molecule has 1 aromatic carbocycles. The number of nitro benzene ring substituents is 1. The lowest BCUT2D eigenvalue weighted by Crippen LogP contribution is -2.23. The highest BCUT2D eigenvalue weighted by Crippen LogP contribution is 2.22. The van der Waals surface area contributed by atoms with E-state index in [-0.39, 0.29) is 22.8 Å². The van der Waals surface area contributed by atoms with Crippen LogP contribution in [0.5, 0.6) is 0 Å². The van der Waals surface area contributed by atoms with Crippen LogP contribution in [0.4, 0.5) is 5.69 Å². The molecule has 8 heteroatoms. The van der Waals surface area contributed by atoms with Gasteiger partial charge in [-0.2, -0.15) is 0 Å². The molecule has 0 atom stereocenters. The van der Waals surface area contributed by atoms with Crippen molar-refractivity contribution in [3.8, 4) is 0 Å². The highest BCUT2D eigenvalue weighted by Gasteiger charge is 2.16. The maximum absolute atomic E-state index is 11.9. The van der Waals surface area contributed by atoms with E-state index in [0.29, 0.717) is 11.7 Å². The number of hydrogen-bond donors (Lipinski definition) is 1. The van der Waals surface area contributed by atoms with Crippen LogP contribution >= 0.6 is 11.6 Å². The third-order valence-electron chi connectivity index (χ3n) is 2.47. The monoisotopic (exact) mass is 295 g/mol. The fraction of sp³-hybridized carbons (Fsp3) is 0.167. The maximum Gasteiger partial charge on any atom is 0.270 e. The van der Waals surface area contributed by atoms with Crippen molar-refractivity contribution in [1.29, 1.82) is 0 Å². The molecule has 0 radical (unpaired) electrons. The number of carbonyl (C=O) groups excluding carboxylic acids is 1. The Balaban J connectivity index is 2.12. The van der Waals surface area contributed by atoms with Gasteiger partial charge in [-0.25, -0.2) is 4.98 Å². The molecule has 0 aliphatic carbocycles. The Kier molecular flexibility index (Phi) is 3.99. The fourth-order valence-electron chi connectivity index (χ4n) is 1.54. The molecule has 1 N–H and O–H groups in total. The van der Waals surface area contributed by atoms with Crippen LogP contribution in [0.2, 0.25) is 5.02 Å². The molecule has 0 bridgehead atoms. The molecule has 0 spiro atoms. The minimum Gasteiger partial charge on any atom is -0.444 e. The number of rotatable bonds is 4. The van der Waals surface area contributed by atoms with E-state index in [4.69, 9.17) is 16.0 Å². The molecule has 1 aromatic heterocycles. The van der Waals surface area contributed by atoms with Crippen LogP contribution in [0.15, 0.2) is 28.8 Å². The van der Waals surface area contributed by atoms with E-state index in [1.165, 1.54) is 18.3 Å². The summed E-state index contributed by atoms with van der Waals surface area (Å²) in [6, 6.07) is 3.67. The van der Waals surface area contributed by atoms with Gasteiger partial charge in [0.1, 0.15) is 5.76 Å². The number of halogens is 1. The highest BCUT2D eigenvalue weighted by atomic mass is 35.5. The third-order valence-corrected chi connectivity index (χ3v) is 2.80. The zero-order valence-corrected chi connectivity index (χ0v) is 11.2. The SMILES string of the molecule is Cc1cnc(CNC(=O)c2cc([N+](=O)[O-])ccc2Cl)o1. The molecule has 0 aliphatic heterocycles. The quantitative estimate of drug-likeness (QED) is 0.690. The Morgan fingerprint density at radius 3 is 2.90 bits per heavy atom. The van der Waals surface area contributed by atoms with Crippen molar-refractivity contribution in [3.05, 3.63) is 56.7 Å². The molecule has 1 amide bonds. The molecular weight excluding hydrogens is 286 g/mol. The number of benzene rings is 1. The molecule has 1 heterocycles. The van der Waals surface area contributed by atoms with Crippen molar-refractivity contribution >= 4 is 23.2 Å². The molecule has 2 rings (SSSR count). The molecule has 0 saturated heterocycles. The van der Waals surface area contributed by atoms with Crippen LogP contribution in [-0.2, 0) is 6.54 Å². The summed E-state index contributed by atoms with van der Waals surface area (Å²) in [7, 11) is 0. The number of nitrogens with one attached hydrogen (secondary N) is 1. The molecule has 0 unspecified atom stereocenters. The highest BCUT2D eigenvalue weighted by molar-refractivity contribution is 6.33. The van der Waals surface area contributed by atoms with E-state index in [9.17, 15) is 14.9 Å². The van der Waals surface area contributed by atoms with Crippen LogP contribution in [0.25, 0.3) is 0 Å². The second-order valence-corrected chi connectivity index (χ2v) is 4.38. The second-order valence-electron chi connectivity index (χ2n) is 3.97. The summed E-state index contributed by atoms with van der Waals surface area (Å²) in [5, 5.41) is 13.3. The molecule has 0 saturated carbocycles. The number of aromatic nitrogens is 1. The first-order valence-electron chi connectivity index (χ1n) is 5.61. The lowest BCUT2D eigenvalue weighted by atomic mass is 10.2. The van der Waals surface area contributed by atoms with Crippen molar-refractivity contribution in [2.75, 3.05) is 0 Å². The Bertz CT molecular complexity index is 668. The molecule has 2 aromatic rings. The van der Waals surface area contributed by atoms with Gasteiger partial charge in [-0.1, -0.05) is 11.6 Å². The third kappa shape index (κ3) is 3.12. The number of oxazole rings is 1. The number of non-ortho nitro benzene ring substituents is 1. The smallest absolute Gasteiger partial charge is 0.270 e. The van der Waals surface area contributed by atoms with Crippen LogP contribution < -0.4 is 5.32 Å². The Morgan fingerprint density at radius 1 is 1.55 bits per heavy atom. The number of aryl methyl sites for hydroxylation is 1. The van der Waals surface area contributed by atoms with E-state index < -0.39 is 10.8 Å². The van der Waals surface area contributed by atoms with E-state index in [0.717, 1.165) is 6.07 Å². The number of hydrogen-bond acceptors (Lipinski definition) is 5. The van der Waals surface area contributed by atoms with Crippen LogP contribution in [-0.4, -0.2) is 15.8 Å². The van der Waals surface area contributed by atoms with Gasteiger partial charge in [-0.3, -0.25) is 14.9 Å². The maximum atomic E-state index is 11.9. The van der Waals surface area contributed by atoms with Crippen molar-refractivity contribution in [1.82, 2.24) is 10.3 Å². The van der Waals surface area contributed by atoms with Crippen LogP contribution in [0.3, 0.4) is 0 Å². The summed E-state index contributed by atoms with van der Waals surface area (Å²) < 4.78 is 5.19. The number of carbonyl (C=O) groups is 1. The number of nitro groups is 1. The first-order valence-corrected chi connectivity index (χ1v) is 5.98. The predicted molar refractivity (Wildman–Crippen MR) is 70.5 cm³/mol. The van der Waals surface area contributed by atoms with Crippen LogP contribution in [0, 0.1) is 17.0 Å². The van der Waals surface area contributed by atoms with Gasteiger partial charge in [-0.05, 0) is 13.0 Å². The number of nitrogens with zero attached hydrogens (tertiary/aromatic N) is 2. The topological polar surface area (TPSA) is 98.3 Å². The first-order chi connectivity index (χ1) is 9.47. The average Bonchev–Trinajstić information content (AvgIpc) is 2.82. The van der Waals surface area contributed by atoms with Gasteiger partial charge in [0.15, 0.2) is 0 Å². The van der Waals surface area contributed by atoms with Crippen molar-refractivity contribution < 1.29 is 14.1 Å². The van der Waals surface area contributed by atoms with Gasteiger partial charge in [-0.15, -0.1) is 0 Å². The van der Waals surface area contributed by atoms with Gasteiger partial charge in [0, 0.05) is 12.1 Å². The number of amides is 1. The average molecular weight is 296 g/mol. The van der Waals surface area contributed by atoms with E-state index >= 15 is 0 Å². The molecule has 0 aliphatic rings. The predicted octanol–water partition coefficient (Wildman–Crippen LogP) is 2.47. The van der Waals surface area contributed by atoms with Gasteiger partial charge < -0.3 is 9.73 Å². The molecular formula is C12H10ClN3O4. The first kappa shape index (κ1) is 14.0. The molecule has 20 heavy (non-hydrogen) atoms. The minimum absolute atomic E-state index is 0.0316. The molecule has 0 fully saturated rings. The largest absolute Gasteiger partial charge is 0.444 e. The zero-order valence-electron chi connectivity index (χ0n) is 10.4. The normalized spacial score (nSPS) is 10.3. The second kappa shape index (κ2) is 5.70. The lowest BCUT2D eigenvalue weighted by Gasteiger charge is -2.04. The Morgan fingerprint density at radius 2 is 2.30 bits per heavy atom. The summed E-state index contributed by atoms with van der Waals surface area (Å²) in [6.45, 7) is 1.81. The summed E-state index contributed by atoms with van der Waals surface area (Å²) >= 11 is 5.86.